The first-order valence-corrected chi connectivity index (χ1v) is 8.37. The van der Waals surface area contributed by atoms with Crippen LogP contribution >= 0.6 is 0 Å². The number of hydrogen-bond donors (Lipinski definition) is 1. The van der Waals surface area contributed by atoms with E-state index in [4.69, 9.17) is 0 Å². The molecule has 0 spiro atoms. The van der Waals surface area contributed by atoms with E-state index in [2.05, 4.69) is 31.9 Å². The van der Waals surface area contributed by atoms with Gasteiger partial charge in [-0.3, -0.25) is 9.48 Å². The van der Waals surface area contributed by atoms with Gasteiger partial charge in [0.05, 0.1) is 46.2 Å². The quantitative estimate of drug-likeness (QED) is 0.794. The first kappa shape index (κ1) is 16.9. The van der Waals surface area contributed by atoms with Crippen molar-refractivity contribution in [2.24, 2.45) is 16.7 Å². The number of nitrogens with zero attached hydrogens (tertiary/aromatic N) is 3. The molecular formula is C19H25N3O2. The molecule has 2 aliphatic rings. The van der Waals surface area contributed by atoms with E-state index in [1.54, 1.807) is 12.3 Å². The molecule has 0 radical (unpaired) electrons. The van der Waals surface area contributed by atoms with E-state index in [0.29, 0.717) is 17.6 Å². The molecule has 0 aliphatic heterocycles. The minimum absolute atomic E-state index is 0.00280. The molecule has 5 heteroatoms. The van der Waals surface area contributed by atoms with Crippen molar-refractivity contribution in [2.75, 3.05) is 0 Å². The molecule has 1 heterocycles. The van der Waals surface area contributed by atoms with Gasteiger partial charge in [0.1, 0.15) is 0 Å². The number of rotatable bonds is 0. The van der Waals surface area contributed by atoms with Crippen LogP contribution in [0.25, 0.3) is 0 Å². The summed E-state index contributed by atoms with van der Waals surface area (Å²) in [6.45, 7) is 12.0. The molecule has 24 heavy (non-hydrogen) atoms. The van der Waals surface area contributed by atoms with E-state index < -0.39 is 16.9 Å². The van der Waals surface area contributed by atoms with Gasteiger partial charge in [0, 0.05) is 5.41 Å². The number of aliphatic hydroxyl groups excluding tert-OH is 1. The number of aromatic nitrogens is 2. The average Bonchev–Trinajstić information content (AvgIpc) is 2.90. The summed E-state index contributed by atoms with van der Waals surface area (Å²) < 4.78 is 1.92. The Bertz CT molecular complexity index is 789. The van der Waals surface area contributed by atoms with Crippen LogP contribution in [-0.2, 0) is 12.0 Å². The maximum atomic E-state index is 13.3. The molecule has 5 nitrogen and oxygen atoms in total. The molecule has 0 aromatic carbocycles. The van der Waals surface area contributed by atoms with Crippen molar-refractivity contribution in [3.8, 4) is 6.07 Å². The Balaban J connectivity index is 2.24. The van der Waals surface area contributed by atoms with Gasteiger partial charge in [-0.15, -0.1) is 0 Å². The summed E-state index contributed by atoms with van der Waals surface area (Å²) >= 11 is 0. The Morgan fingerprint density at radius 1 is 1.38 bits per heavy atom. The molecule has 3 rings (SSSR count). The van der Waals surface area contributed by atoms with Crippen molar-refractivity contribution in [3.63, 3.8) is 0 Å². The molecule has 1 unspecified atom stereocenters. The Morgan fingerprint density at radius 2 is 2.00 bits per heavy atom. The van der Waals surface area contributed by atoms with E-state index in [9.17, 15) is 15.2 Å². The zero-order valence-corrected chi connectivity index (χ0v) is 15.2. The van der Waals surface area contributed by atoms with Crippen LogP contribution in [0.1, 0.15) is 57.6 Å². The SMILES string of the molecule is CC1(C)C(O)C(C#N)=C[C@]2(C)C(=O)c3cnn(C(C)(C)C)c3C[C@@H]12. The van der Waals surface area contributed by atoms with Gasteiger partial charge < -0.3 is 5.11 Å². The molecule has 1 N–H and O–H groups in total. The van der Waals surface area contributed by atoms with Gasteiger partial charge in [-0.05, 0) is 40.0 Å². The first-order chi connectivity index (χ1) is 10.9. The van der Waals surface area contributed by atoms with Crippen molar-refractivity contribution in [3.05, 3.63) is 29.1 Å². The lowest BCUT2D eigenvalue weighted by molar-refractivity contribution is -0.0213. The lowest BCUT2D eigenvalue weighted by Gasteiger charge is -2.52. The summed E-state index contributed by atoms with van der Waals surface area (Å²) in [5, 5.41) is 24.5. The van der Waals surface area contributed by atoms with Gasteiger partial charge in [-0.2, -0.15) is 10.4 Å². The third-order valence-corrected chi connectivity index (χ3v) is 5.84. The number of fused-ring (bicyclic) bond motifs is 2. The fraction of sp³-hybridized carbons (Fsp3) is 0.632. The van der Waals surface area contributed by atoms with Crippen LogP contribution in [0, 0.1) is 28.1 Å². The molecule has 1 aromatic rings. The van der Waals surface area contributed by atoms with Crippen LogP contribution in [-0.4, -0.2) is 26.8 Å². The topological polar surface area (TPSA) is 78.9 Å². The molecule has 0 saturated heterocycles. The maximum absolute atomic E-state index is 13.3. The molecule has 0 fully saturated rings. The zero-order chi connectivity index (χ0) is 18.1. The van der Waals surface area contributed by atoms with Gasteiger partial charge in [0.2, 0.25) is 0 Å². The molecule has 0 amide bonds. The lowest BCUT2D eigenvalue weighted by Crippen LogP contribution is -2.55. The predicted octanol–water partition coefficient (Wildman–Crippen LogP) is 2.85. The van der Waals surface area contributed by atoms with E-state index in [1.807, 2.05) is 25.5 Å². The van der Waals surface area contributed by atoms with Crippen LogP contribution in [0.3, 0.4) is 0 Å². The summed E-state index contributed by atoms with van der Waals surface area (Å²) in [6, 6.07) is 2.08. The van der Waals surface area contributed by atoms with Crippen molar-refractivity contribution in [1.29, 1.82) is 5.26 Å². The number of allylic oxidation sites excluding steroid dienone is 1. The second kappa shape index (κ2) is 4.80. The van der Waals surface area contributed by atoms with Gasteiger partial charge >= 0.3 is 0 Å². The highest BCUT2D eigenvalue weighted by atomic mass is 16.3. The highest BCUT2D eigenvalue weighted by Crippen LogP contribution is 2.55. The van der Waals surface area contributed by atoms with Crippen molar-refractivity contribution in [1.82, 2.24) is 9.78 Å². The Hall–Kier alpha value is -1.93. The molecule has 0 saturated carbocycles. The van der Waals surface area contributed by atoms with E-state index >= 15 is 0 Å². The van der Waals surface area contributed by atoms with Crippen molar-refractivity contribution < 1.29 is 9.90 Å². The molecule has 2 aliphatic carbocycles. The van der Waals surface area contributed by atoms with Crippen LogP contribution < -0.4 is 0 Å². The number of carbonyl (C=O) groups is 1. The highest BCUT2D eigenvalue weighted by Gasteiger charge is 2.57. The summed E-state index contributed by atoms with van der Waals surface area (Å²) in [5.74, 6) is -0.0909. The highest BCUT2D eigenvalue weighted by molar-refractivity contribution is 6.04. The maximum Gasteiger partial charge on any atom is 0.176 e. The lowest BCUT2D eigenvalue weighted by atomic mass is 9.51. The smallest absolute Gasteiger partial charge is 0.176 e. The molecule has 0 bridgehead atoms. The van der Waals surface area contributed by atoms with Crippen molar-refractivity contribution in [2.45, 2.75) is 59.6 Å². The van der Waals surface area contributed by atoms with Gasteiger partial charge in [-0.1, -0.05) is 19.9 Å². The molecule has 128 valence electrons. The Labute approximate surface area is 143 Å². The van der Waals surface area contributed by atoms with Crippen LogP contribution in [0.15, 0.2) is 17.8 Å². The second-order valence-electron chi connectivity index (χ2n) is 8.89. The summed E-state index contributed by atoms with van der Waals surface area (Å²) in [7, 11) is 0. The molecule has 3 atom stereocenters. The average molecular weight is 327 g/mol. The third-order valence-electron chi connectivity index (χ3n) is 5.84. The Kier molecular flexibility index (Phi) is 3.38. The fourth-order valence-electron chi connectivity index (χ4n) is 4.48. The molecular weight excluding hydrogens is 302 g/mol. The van der Waals surface area contributed by atoms with Gasteiger partial charge in [-0.25, -0.2) is 0 Å². The normalized spacial score (nSPS) is 31.8. The summed E-state index contributed by atoms with van der Waals surface area (Å²) in [6.07, 6.45) is 3.14. The van der Waals surface area contributed by atoms with E-state index in [0.717, 1.165) is 5.69 Å². The fourth-order valence-corrected chi connectivity index (χ4v) is 4.48. The first-order valence-electron chi connectivity index (χ1n) is 8.37. The summed E-state index contributed by atoms with van der Waals surface area (Å²) in [4.78, 5) is 13.3. The minimum Gasteiger partial charge on any atom is -0.387 e. The number of ketones is 1. The second-order valence-corrected chi connectivity index (χ2v) is 8.89. The largest absolute Gasteiger partial charge is 0.387 e. The van der Waals surface area contributed by atoms with Crippen LogP contribution in [0.4, 0.5) is 0 Å². The molecule has 1 aromatic heterocycles. The summed E-state index contributed by atoms with van der Waals surface area (Å²) in [5.41, 5.74) is 0.293. The van der Waals surface area contributed by atoms with E-state index in [-0.39, 0.29) is 17.2 Å². The number of nitriles is 1. The van der Waals surface area contributed by atoms with Gasteiger partial charge in [0.15, 0.2) is 5.78 Å². The van der Waals surface area contributed by atoms with Crippen LogP contribution in [0.2, 0.25) is 0 Å². The third kappa shape index (κ3) is 2.02. The van der Waals surface area contributed by atoms with Crippen LogP contribution in [0.5, 0.6) is 0 Å². The number of hydrogen-bond acceptors (Lipinski definition) is 4. The van der Waals surface area contributed by atoms with E-state index in [1.165, 1.54) is 0 Å². The standard InChI is InChI=1S/C19H25N3O2/c1-17(2,3)22-13-7-14-18(4,5)15(23)11(9-20)8-19(14,6)16(24)12(13)10-21-22/h8,10,14-15,23H,7H2,1-6H3/t14-,15?,19-/m0/s1. The number of carbonyl (C=O) groups excluding carboxylic acids is 1. The van der Waals surface area contributed by atoms with Crippen molar-refractivity contribution >= 4 is 5.78 Å². The van der Waals surface area contributed by atoms with Gasteiger partial charge in [0.25, 0.3) is 0 Å². The zero-order valence-electron chi connectivity index (χ0n) is 15.2. The number of Topliss-reactive ketones (excluding diaryl/α,β-unsaturated/α-hetero) is 1. The monoisotopic (exact) mass is 327 g/mol. The minimum atomic E-state index is -0.860. The predicted molar refractivity (Wildman–Crippen MR) is 90.3 cm³/mol. The number of aliphatic hydroxyl groups is 1. The Morgan fingerprint density at radius 3 is 2.54 bits per heavy atom.